The van der Waals surface area contributed by atoms with Crippen molar-refractivity contribution in [1.82, 2.24) is 0 Å². The summed E-state index contributed by atoms with van der Waals surface area (Å²) in [6, 6.07) is 4.85. The molecule has 0 aromatic heterocycles. The molecule has 0 aliphatic heterocycles. The van der Waals surface area contributed by atoms with E-state index >= 15 is 0 Å². The standard InChI is InChI=1S/C17H25FO/c1-3-13-4-6-14(7-5-13)17(19)11-15-8-9-16(18)10-12(15)2/h8-10,13-14,17,19H,3-7,11H2,1-2H3. The lowest BCUT2D eigenvalue weighted by Gasteiger charge is -2.31. The van der Waals surface area contributed by atoms with Gasteiger partial charge in [0.25, 0.3) is 0 Å². The quantitative estimate of drug-likeness (QED) is 0.861. The van der Waals surface area contributed by atoms with Gasteiger partial charge in [-0.05, 0) is 61.3 Å². The molecule has 0 amide bonds. The van der Waals surface area contributed by atoms with Gasteiger partial charge in [-0.2, -0.15) is 0 Å². The largest absolute Gasteiger partial charge is 0.392 e. The van der Waals surface area contributed by atoms with Crippen molar-refractivity contribution in [1.29, 1.82) is 0 Å². The summed E-state index contributed by atoms with van der Waals surface area (Å²) < 4.78 is 13.1. The highest BCUT2D eigenvalue weighted by Gasteiger charge is 2.26. The summed E-state index contributed by atoms with van der Waals surface area (Å²) in [4.78, 5) is 0. The lowest BCUT2D eigenvalue weighted by Crippen LogP contribution is -2.27. The summed E-state index contributed by atoms with van der Waals surface area (Å²) in [7, 11) is 0. The second-order valence-electron chi connectivity index (χ2n) is 6.03. The second-order valence-corrected chi connectivity index (χ2v) is 6.03. The summed E-state index contributed by atoms with van der Waals surface area (Å²) in [5.74, 6) is 1.09. The minimum Gasteiger partial charge on any atom is -0.392 e. The van der Waals surface area contributed by atoms with E-state index in [1.807, 2.05) is 13.0 Å². The van der Waals surface area contributed by atoms with E-state index in [0.29, 0.717) is 12.3 Å². The topological polar surface area (TPSA) is 20.2 Å². The van der Waals surface area contributed by atoms with E-state index in [2.05, 4.69) is 6.92 Å². The van der Waals surface area contributed by atoms with Crippen LogP contribution in [0.2, 0.25) is 0 Å². The normalized spacial score (nSPS) is 25.3. The molecule has 0 spiro atoms. The van der Waals surface area contributed by atoms with Crippen molar-refractivity contribution in [2.24, 2.45) is 11.8 Å². The Hall–Kier alpha value is -0.890. The summed E-state index contributed by atoms with van der Waals surface area (Å²) in [5, 5.41) is 10.4. The Kier molecular flexibility index (Phi) is 4.98. The molecule has 0 heterocycles. The molecule has 1 aromatic rings. The number of halogens is 1. The average molecular weight is 264 g/mol. The van der Waals surface area contributed by atoms with Crippen LogP contribution in [0.1, 0.15) is 50.2 Å². The van der Waals surface area contributed by atoms with Crippen LogP contribution in [-0.2, 0) is 6.42 Å². The summed E-state index contributed by atoms with van der Waals surface area (Å²) in [6.45, 7) is 4.17. The van der Waals surface area contributed by atoms with Gasteiger partial charge in [-0.3, -0.25) is 0 Å². The van der Waals surface area contributed by atoms with Crippen LogP contribution in [0.5, 0.6) is 0 Å². The van der Waals surface area contributed by atoms with Crippen molar-refractivity contribution in [2.45, 2.75) is 58.5 Å². The van der Waals surface area contributed by atoms with Crippen LogP contribution in [0.4, 0.5) is 4.39 Å². The molecule has 1 atom stereocenters. The first-order valence-corrected chi connectivity index (χ1v) is 7.53. The van der Waals surface area contributed by atoms with Crippen LogP contribution in [0.25, 0.3) is 0 Å². The highest BCUT2D eigenvalue weighted by molar-refractivity contribution is 5.27. The average Bonchev–Trinajstić information content (AvgIpc) is 2.42. The van der Waals surface area contributed by atoms with E-state index in [9.17, 15) is 9.50 Å². The van der Waals surface area contributed by atoms with E-state index in [1.54, 1.807) is 6.07 Å². The SMILES string of the molecule is CCC1CCC(C(O)Cc2ccc(F)cc2C)CC1. The fourth-order valence-corrected chi connectivity index (χ4v) is 3.26. The zero-order valence-electron chi connectivity index (χ0n) is 12.0. The summed E-state index contributed by atoms with van der Waals surface area (Å²) >= 11 is 0. The Morgan fingerprint density at radius 2 is 1.95 bits per heavy atom. The van der Waals surface area contributed by atoms with Crippen LogP contribution < -0.4 is 0 Å². The molecule has 1 aliphatic carbocycles. The zero-order chi connectivity index (χ0) is 13.8. The van der Waals surface area contributed by atoms with Gasteiger partial charge in [0.05, 0.1) is 6.10 Å². The molecule has 1 aliphatic rings. The van der Waals surface area contributed by atoms with E-state index in [1.165, 1.54) is 25.3 Å². The highest BCUT2D eigenvalue weighted by atomic mass is 19.1. The van der Waals surface area contributed by atoms with Crippen molar-refractivity contribution in [2.75, 3.05) is 0 Å². The molecule has 0 bridgehead atoms. The van der Waals surface area contributed by atoms with Crippen molar-refractivity contribution >= 4 is 0 Å². The molecule has 2 rings (SSSR count). The van der Waals surface area contributed by atoms with Crippen LogP contribution in [0.15, 0.2) is 18.2 Å². The molecular formula is C17H25FO. The molecule has 1 nitrogen and oxygen atoms in total. The first kappa shape index (κ1) is 14.5. The number of aliphatic hydroxyl groups is 1. The summed E-state index contributed by atoms with van der Waals surface area (Å²) in [5.41, 5.74) is 2.02. The first-order valence-electron chi connectivity index (χ1n) is 7.53. The number of hydrogen-bond donors (Lipinski definition) is 1. The monoisotopic (exact) mass is 264 g/mol. The molecule has 1 saturated carbocycles. The third-order valence-electron chi connectivity index (χ3n) is 4.75. The third-order valence-corrected chi connectivity index (χ3v) is 4.75. The lowest BCUT2D eigenvalue weighted by atomic mass is 9.77. The Labute approximate surface area is 115 Å². The van der Waals surface area contributed by atoms with Gasteiger partial charge in [0.2, 0.25) is 0 Å². The zero-order valence-corrected chi connectivity index (χ0v) is 12.0. The van der Waals surface area contributed by atoms with Gasteiger partial charge in [-0.15, -0.1) is 0 Å². The van der Waals surface area contributed by atoms with Gasteiger partial charge < -0.3 is 5.11 Å². The van der Waals surface area contributed by atoms with Crippen molar-refractivity contribution in [3.8, 4) is 0 Å². The lowest BCUT2D eigenvalue weighted by molar-refractivity contribution is 0.0734. The number of hydrogen-bond acceptors (Lipinski definition) is 1. The Bertz CT molecular complexity index is 408. The van der Waals surface area contributed by atoms with E-state index in [0.717, 1.165) is 29.9 Å². The number of rotatable bonds is 4. The van der Waals surface area contributed by atoms with E-state index in [4.69, 9.17) is 0 Å². The van der Waals surface area contributed by atoms with Gasteiger partial charge in [-0.1, -0.05) is 32.3 Å². The molecule has 2 heteroatoms. The summed E-state index contributed by atoms with van der Waals surface area (Å²) in [6.07, 6.45) is 6.43. The first-order chi connectivity index (χ1) is 9.10. The maximum absolute atomic E-state index is 13.1. The number of benzene rings is 1. The third kappa shape index (κ3) is 3.79. The Morgan fingerprint density at radius 1 is 1.26 bits per heavy atom. The van der Waals surface area contributed by atoms with Crippen LogP contribution in [0, 0.1) is 24.6 Å². The molecule has 0 saturated heterocycles. The van der Waals surface area contributed by atoms with Crippen LogP contribution in [0.3, 0.4) is 0 Å². The molecular weight excluding hydrogens is 239 g/mol. The van der Waals surface area contributed by atoms with Gasteiger partial charge >= 0.3 is 0 Å². The minimum absolute atomic E-state index is 0.195. The van der Waals surface area contributed by atoms with Crippen molar-refractivity contribution < 1.29 is 9.50 Å². The molecule has 106 valence electrons. The van der Waals surface area contributed by atoms with Crippen LogP contribution >= 0.6 is 0 Å². The number of aliphatic hydroxyl groups excluding tert-OH is 1. The molecule has 19 heavy (non-hydrogen) atoms. The molecule has 1 N–H and O–H groups in total. The van der Waals surface area contributed by atoms with E-state index in [-0.39, 0.29) is 11.9 Å². The smallest absolute Gasteiger partial charge is 0.123 e. The highest BCUT2D eigenvalue weighted by Crippen LogP contribution is 2.33. The van der Waals surface area contributed by atoms with Crippen molar-refractivity contribution in [3.63, 3.8) is 0 Å². The molecule has 1 unspecified atom stereocenters. The fourth-order valence-electron chi connectivity index (χ4n) is 3.26. The van der Waals surface area contributed by atoms with Gasteiger partial charge in [0, 0.05) is 0 Å². The predicted molar refractivity (Wildman–Crippen MR) is 76.6 cm³/mol. The second kappa shape index (κ2) is 6.51. The van der Waals surface area contributed by atoms with Gasteiger partial charge in [0.15, 0.2) is 0 Å². The molecule has 1 fully saturated rings. The predicted octanol–water partition coefficient (Wildman–Crippen LogP) is 4.25. The number of aryl methyl sites for hydroxylation is 1. The Morgan fingerprint density at radius 3 is 2.53 bits per heavy atom. The minimum atomic E-state index is -0.276. The molecule has 0 radical (unpaired) electrons. The Balaban J connectivity index is 1.92. The maximum atomic E-state index is 13.1. The molecule has 1 aromatic carbocycles. The van der Waals surface area contributed by atoms with Crippen LogP contribution in [-0.4, -0.2) is 11.2 Å². The van der Waals surface area contributed by atoms with E-state index < -0.39 is 0 Å². The van der Waals surface area contributed by atoms with Crippen molar-refractivity contribution in [3.05, 3.63) is 35.1 Å². The maximum Gasteiger partial charge on any atom is 0.123 e. The van der Waals surface area contributed by atoms with Gasteiger partial charge in [-0.25, -0.2) is 4.39 Å². The van der Waals surface area contributed by atoms with Gasteiger partial charge in [0.1, 0.15) is 5.82 Å². The fraction of sp³-hybridized carbons (Fsp3) is 0.647.